The predicted octanol–water partition coefficient (Wildman–Crippen LogP) is 17.1. The molecule has 3 N–H and O–H groups in total. The van der Waals surface area contributed by atoms with Crippen LogP contribution in [0.5, 0.6) is 0 Å². The highest BCUT2D eigenvalue weighted by molar-refractivity contribution is 9.09. The van der Waals surface area contributed by atoms with Crippen molar-refractivity contribution in [2.45, 2.75) is 320 Å². The highest BCUT2D eigenvalue weighted by Gasteiger charge is 2.67. The van der Waals surface area contributed by atoms with Crippen LogP contribution in [0.3, 0.4) is 0 Å². The maximum Gasteiger partial charge on any atom is 0.162 e. The van der Waals surface area contributed by atoms with E-state index >= 15 is 0 Å². The molecule has 2 aromatic rings. The lowest BCUT2D eigenvalue weighted by molar-refractivity contribution is -0.183. The van der Waals surface area contributed by atoms with E-state index in [0.717, 1.165) is 128 Å². The number of aliphatic hydroxyl groups is 3. The first-order valence-corrected chi connectivity index (χ1v) is 41.0. The van der Waals surface area contributed by atoms with Crippen molar-refractivity contribution in [1.82, 2.24) is 40.4 Å². The van der Waals surface area contributed by atoms with Gasteiger partial charge < -0.3 is 29.5 Å². The number of Topliss-reactive ketones (excluding diaryl/α,β-unsaturated/α-hetero) is 3. The van der Waals surface area contributed by atoms with Gasteiger partial charge >= 0.3 is 0 Å². The Morgan fingerprint density at radius 1 is 0.500 bits per heavy atom. The molecule has 0 radical (unpaired) electrons. The normalized spacial score (nSPS) is 44.3. The number of hydrogen-bond acceptors (Lipinski definition) is 18. The third-order valence-corrected chi connectivity index (χ3v) is 31.6. The monoisotopic (exact) mass is 1510 g/mol. The number of tetrazole rings is 2. The summed E-state index contributed by atoms with van der Waals surface area (Å²) in [5, 5.41) is 63.1. The first-order valence-electron chi connectivity index (χ1n) is 44.8. The number of rotatable bonds is 17. The molecule has 0 unspecified atom stereocenters. The van der Waals surface area contributed by atoms with Crippen molar-refractivity contribution in [2.75, 3.05) is 31.8 Å². The van der Waals surface area contributed by atoms with Crippen LogP contribution in [0, 0.1) is 121 Å². The van der Waals surface area contributed by atoms with E-state index in [4.69, 9.17) is 29.1 Å². The summed E-state index contributed by atoms with van der Waals surface area (Å²) < 4.78 is 70.6. The zero-order valence-electron chi connectivity index (χ0n) is 73.3. The average molecular weight is 1510 g/mol. The number of ether oxygens (including phenoxy) is 3. The van der Waals surface area contributed by atoms with E-state index in [1.807, 2.05) is 20.8 Å². The molecule has 12 fully saturated rings. The first-order chi connectivity index (χ1) is 52.4. The summed E-state index contributed by atoms with van der Waals surface area (Å²) in [5.74, 6) is 9.10. The number of carbonyl (C=O) groups excluding carboxylic acids is 3. The Bertz CT molecular complexity index is 3050. The molecule has 15 rings (SSSR count). The average Bonchev–Trinajstić information content (AvgIpc) is 1.71. The summed E-state index contributed by atoms with van der Waals surface area (Å²) in [7, 11) is 0. The zero-order chi connectivity index (χ0) is 81.4. The Morgan fingerprint density at radius 2 is 0.892 bits per heavy atom. The number of nitrogens with zero attached hydrogens (tertiary/aromatic N) is 11. The third kappa shape index (κ3) is 15.9. The fourth-order valence-electron chi connectivity index (χ4n) is 26.4. The van der Waals surface area contributed by atoms with Gasteiger partial charge in [0.2, 0.25) is 0 Å². The van der Waals surface area contributed by atoms with Crippen molar-refractivity contribution in [3.63, 3.8) is 0 Å². The molecule has 0 aromatic carbocycles. The topological polar surface area (TPSA) is 264 Å². The second kappa shape index (κ2) is 32.1. The summed E-state index contributed by atoms with van der Waals surface area (Å²) in [4.78, 5) is 44.3. The van der Waals surface area contributed by atoms with Crippen LogP contribution in [0.15, 0.2) is 27.9 Å². The van der Waals surface area contributed by atoms with Gasteiger partial charge in [-0.25, -0.2) is 9.67 Å². The Morgan fingerprint density at radius 3 is 1.21 bits per heavy atom. The van der Waals surface area contributed by atoms with E-state index in [9.17, 15) is 29.7 Å². The van der Waals surface area contributed by atoms with E-state index in [-0.39, 0.29) is 104 Å². The summed E-state index contributed by atoms with van der Waals surface area (Å²) in [5.41, 5.74) is -0.637. The zero-order valence-corrected chi connectivity index (χ0v) is 64.8. The highest BCUT2D eigenvalue weighted by atomic mass is 79.9. The first kappa shape index (κ1) is 74.1. The fourth-order valence-corrected chi connectivity index (χ4v) is 26.8. The van der Waals surface area contributed by atoms with Gasteiger partial charge in [0, 0.05) is 34.0 Å². The lowest BCUT2D eigenvalue weighted by atomic mass is 9.43. The fraction of sp³-hybridized carbons (Fsp3) is 0.926. The summed E-state index contributed by atoms with van der Waals surface area (Å²) in [6, 6.07) is 0. The van der Waals surface area contributed by atoms with Gasteiger partial charge in [0.1, 0.15) is 31.5 Å². The number of hydrogen-bond donors (Lipinski definition) is 3. The Hall–Kier alpha value is -3.34. The van der Waals surface area contributed by atoms with Crippen molar-refractivity contribution < 1.29 is 60.2 Å². The van der Waals surface area contributed by atoms with Crippen LogP contribution in [-0.4, -0.2) is 146 Å². The van der Waals surface area contributed by atoms with Crippen LogP contribution in [0.4, 0.5) is 0 Å². The van der Waals surface area contributed by atoms with Crippen LogP contribution in [0.25, 0.3) is 0 Å². The number of fused-ring (bicyclic) bond motifs is 15. The van der Waals surface area contributed by atoms with Crippen molar-refractivity contribution in [3.8, 4) is 0 Å². The van der Waals surface area contributed by atoms with Crippen LogP contribution in [0.1, 0.15) is 288 Å². The number of ketones is 3. The maximum atomic E-state index is 13.3. The number of halogens is 1. The van der Waals surface area contributed by atoms with Gasteiger partial charge in [-0.3, -0.25) is 14.4 Å². The number of aliphatic imine (C=N–C) groups is 1. The van der Waals surface area contributed by atoms with Gasteiger partial charge in [-0.15, -0.1) is 20.4 Å². The molecule has 0 saturated heterocycles. The van der Waals surface area contributed by atoms with Crippen molar-refractivity contribution in [2.24, 2.45) is 136 Å². The lowest BCUT2D eigenvalue weighted by Crippen LogP contribution is -2.58. The Kier molecular flexibility index (Phi) is 23.3. The van der Waals surface area contributed by atoms with Gasteiger partial charge in [-0.05, 0) is 355 Å². The van der Waals surface area contributed by atoms with Crippen LogP contribution in [-0.2, 0) is 41.7 Å². The predicted molar refractivity (Wildman–Crippen MR) is 413 cm³/mol. The number of carbonyl (C=O) groups is 3. The van der Waals surface area contributed by atoms with Crippen LogP contribution in [0.2, 0.25) is 0 Å². The molecule has 1 aliphatic heterocycles. The van der Waals surface area contributed by atoms with Gasteiger partial charge in [0.15, 0.2) is 24.6 Å². The maximum absolute atomic E-state index is 13.3. The minimum atomic E-state index is -0.539. The SMILES string of the molecule is C.C.C1=NCN=N1.CC(C)OC[C@]12CC[C@@](C)(O)C[C@H]1CC[C@H]1[C@@H]3CC[C@H](C(=O)CBr)[C@@]3(C)CC[C@@H]12.CC(C)OC[C@]12CC[C@@](C)(O)C[C@H]1CC[C@H]1[C@@H]3CC[C@H](C(=O)Cn4cnnn4)[C@@]3(C)CC[C@@H]12.CC(C)OC[C@]12CC[C@@](C)(O)C[C@H]1CC[C@H]1[C@@H]3CC[C@H](C(=O)Cn4ncnn4)[C@@]3(C)CC[C@@H]12.[2HH].[2H][2H].[2H][2H].[2H][2H].[2H][2H].[2H][2H]. The molecule has 0 bridgehead atoms. The molecule has 588 valence electrons. The van der Waals surface area contributed by atoms with Crippen molar-refractivity contribution in [3.05, 3.63) is 12.7 Å². The molecular weight excluding hydrogens is 1350 g/mol. The van der Waals surface area contributed by atoms with Crippen molar-refractivity contribution in [1.29, 1.82) is 0 Å². The smallest absolute Gasteiger partial charge is 0.162 e. The van der Waals surface area contributed by atoms with E-state index < -0.39 is 16.8 Å². The number of azo groups is 1. The molecule has 20 nitrogen and oxygen atoms in total. The quantitative estimate of drug-likeness (QED) is 0.124. The van der Waals surface area contributed by atoms with E-state index in [1.165, 1.54) is 88.1 Å². The molecule has 12 aliphatic carbocycles. The number of aromatic nitrogens is 8. The summed E-state index contributed by atoms with van der Waals surface area (Å²) >= 11 is 3.44. The Balaban J connectivity index is 0.000000324. The highest BCUT2D eigenvalue weighted by Crippen LogP contribution is 2.72. The molecule has 24 atom stereocenters. The van der Waals surface area contributed by atoms with E-state index in [1.54, 1.807) is 11.0 Å². The van der Waals surface area contributed by atoms with E-state index in [2.05, 4.69) is 124 Å². The lowest BCUT2D eigenvalue weighted by Gasteiger charge is -2.62. The van der Waals surface area contributed by atoms with Gasteiger partial charge in [0.25, 0.3) is 0 Å². The van der Waals surface area contributed by atoms with Gasteiger partial charge in [-0.2, -0.15) is 9.91 Å². The number of alkyl halides is 1. The van der Waals surface area contributed by atoms with Gasteiger partial charge in [-0.1, -0.05) is 51.6 Å². The standard InChI is InChI=1S/2C26H42N4O3.C25H41BrO3.C2H3N3.2CH4.6H2/c1-17(2)33-15-26-12-11-24(3,32)13-18(26)5-6-19-20-7-8-22(25(20,4)10-9-21(19)26)23(31)14-30-16-27-28-29-30;1-17(2)33-15-26-12-11-24(3,32)13-18(26)5-6-19-20-7-8-22(25(20,4)10-9-21(19)26)23(31)14-30-28-16-27-29-30;1-16(2)29-15-25-12-11-23(3,28)13-17(25)5-6-18-19-7-8-21(22(27)14-26)24(19,4)10-9-20(18)25;1-3-2-5-4-1;;;;;;;;/h2*16-22,32H,5-15H2,1-4H3;16-21,28H,5-15H2,1-4H3;1H,2H2;2*1H4;6*1H/t2*18-,19+,20+,21+,22-,24-,25+,26-;17-,18+,19+,20+,21-,23-,24+,25-;;;;;;;;;/m111........./s1/i;;;;;;5*1+1D;1+1. The minimum Gasteiger partial charge on any atom is -0.390 e. The summed E-state index contributed by atoms with van der Waals surface area (Å²) in [6.07, 6.45) is 34.8. The molecule has 3 heterocycles. The molecule has 13 aliphatic rings. The van der Waals surface area contributed by atoms with Crippen LogP contribution < -0.4 is 0 Å². The molecule has 0 amide bonds. The molecule has 102 heavy (non-hydrogen) atoms. The molecule has 12 saturated carbocycles. The molecule has 21 heteroatoms. The second-order valence-electron chi connectivity index (χ2n) is 37.6. The molecular formula is C81H148BrN11O9. The minimum absolute atomic E-state index is 0. The van der Waals surface area contributed by atoms with Gasteiger partial charge in [0.05, 0.1) is 60.3 Å². The van der Waals surface area contributed by atoms with Crippen LogP contribution >= 0.6 is 15.9 Å². The van der Waals surface area contributed by atoms with E-state index in [0.29, 0.717) is 88.7 Å². The largest absolute Gasteiger partial charge is 0.390 e. The molecule has 2 aromatic heterocycles. The third-order valence-electron chi connectivity index (χ3n) is 31.1. The van der Waals surface area contributed by atoms with Crippen molar-refractivity contribution >= 4 is 39.6 Å². The second-order valence-corrected chi connectivity index (χ2v) is 38.1. The molecule has 0 spiro atoms. The summed E-state index contributed by atoms with van der Waals surface area (Å²) in [6.45, 7) is 29.8. The Labute approximate surface area is 638 Å².